The zero-order chi connectivity index (χ0) is 13.2. The Labute approximate surface area is 113 Å². The summed E-state index contributed by atoms with van der Waals surface area (Å²) < 4.78 is 1.06. The molecule has 3 aromatic heterocycles. The van der Waals surface area contributed by atoms with E-state index >= 15 is 0 Å². The first-order valence-electron chi connectivity index (χ1n) is 5.79. The third-order valence-electron chi connectivity index (χ3n) is 2.81. The van der Waals surface area contributed by atoms with Crippen molar-refractivity contribution < 1.29 is 4.79 Å². The van der Waals surface area contributed by atoms with E-state index in [1.807, 2.05) is 18.3 Å². The lowest BCUT2D eigenvalue weighted by Crippen LogP contribution is -2.12. The fraction of sp³-hybridized carbons (Fsp3) is 0.0714. The Hall–Kier alpha value is -2.27. The molecule has 0 spiro atoms. The van der Waals surface area contributed by atoms with E-state index in [4.69, 9.17) is 5.73 Å². The van der Waals surface area contributed by atoms with E-state index in [2.05, 4.69) is 16.0 Å². The summed E-state index contributed by atoms with van der Waals surface area (Å²) in [5, 5.41) is 1.01. The summed E-state index contributed by atoms with van der Waals surface area (Å²) in [6, 6.07) is 7.78. The van der Waals surface area contributed by atoms with Crippen molar-refractivity contribution >= 4 is 27.3 Å². The fourth-order valence-corrected chi connectivity index (χ4v) is 2.97. The average molecular weight is 269 g/mol. The first kappa shape index (κ1) is 11.8. The van der Waals surface area contributed by atoms with Gasteiger partial charge in [-0.05, 0) is 29.1 Å². The number of thiophene rings is 1. The Morgan fingerprint density at radius 2 is 2.21 bits per heavy atom. The number of aromatic nitrogens is 2. The number of pyridine rings is 2. The second-order valence-corrected chi connectivity index (χ2v) is 5.39. The SMILES string of the molecule is NC(=O)c1cc2cc(Cc3cccnc3)sc2cn1. The average Bonchev–Trinajstić information content (AvgIpc) is 2.80. The van der Waals surface area contributed by atoms with Crippen molar-refractivity contribution in [3.8, 4) is 0 Å². The molecular formula is C14H11N3OS. The molecule has 0 aromatic carbocycles. The van der Waals surface area contributed by atoms with Gasteiger partial charge in [0.05, 0.1) is 4.70 Å². The number of primary amides is 1. The monoisotopic (exact) mass is 269 g/mol. The number of amides is 1. The van der Waals surface area contributed by atoms with Crippen LogP contribution in [-0.4, -0.2) is 15.9 Å². The third-order valence-corrected chi connectivity index (χ3v) is 3.89. The van der Waals surface area contributed by atoms with Gasteiger partial charge in [0.2, 0.25) is 0 Å². The molecule has 0 aliphatic rings. The molecule has 19 heavy (non-hydrogen) atoms. The molecule has 3 heterocycles. The number of carbonyl (C=O) groups is 1. The van der Waals surface area contributed by atoms with Gasteiger partial charge in [0, 0.05) is 29.9 Å². The normalized spacial score (nSPS) is 10.7. The van der Waals surface area contributed by atoms with Crippen molar-refractivity contribution in [3.63, 3.8) is 0 Å². The van der Waals surface area contributed by atoms with Crippen LogP contribution in [0.5, 0.6) is 0 Å². The molecule has 2 N–H and O–H groups in total. The molecule has 0 aliphatic heterocycles. The highest BCUT2D eigenvalue weighted by atomic mass is 32.1. The molecule has 0 saturated carbocycles. The largest absolute Gasteiger partial charge is 0.364 e. The molecule has 1 amide bonds. The predicted octanol–water partition coefficient (Wildman–Crippen LogP) is 2.38. The van der Waals surface area contributed by atoms with E-state index in [0.717, 1.165) is 22.1 Å². The molecule has 0 radical (unpaired) electrons. The zero-order valence-corrected chi connectivity index (χ0v) is 10.9. The van der Waals surface area contributed by atoms with Crippen LogP contribution < -0.4 is 5.73 Å². The van der Waals surface area contributed by atoms with Crippen LogP contribution in [0.15, 0.2) is 42.9 Å². The lowest BCUT2D eigenvalue weighted by Gasteiger charge is -1.95. The Morgan fingerprint density at radius 1 is 1.32 bits per heavy atom. The minimum absolute atomic E-state index is 0.304. The summed E-state index contributed by atoms with van der Waals surface area (Å²) in [5.41, 5.74) is 6.70. The maximum atomic E-state index is 11.1. The van der Waals surface area contributed by atoms with E-state index in [1.165, 1.54) is 4.88 Å². The van der Waals surface area contributed by atoms with Gasteiger partial charge in [0.1, 0.15) is 5.69 Å². The predicted molar refractivity (Wildman–Crippen MR) is 75.2 cm³/mol. The molecule has 0 atom stereocenters. The quantitative estimate of drug-likeness (QED) is 0.793. The Kier molecular flexibility index (Phi) is 2.97. The number of rotatable bonds is 3. The third kappa shape index (κ3) is 2.46. The van der Waals surface area contributed by atoms with Gasteiger partial charge >= 0.3 is 0 Å². The van der Waals surface area contributed by atoms with Gasteiger partial charge in [-0.3, -0.25) is 9.78 Å². The van der Waals surface area contributed by atoms with Gasteiger partial charge in [-0.1, -0.05) is 6.07 Å². The van der Waals surface area contributed by atoms with Gasteiger partial charge in [-0.15, -0.1) is 11.3 Å². The van der Waals surface area contributed by atoms with Gasteiger partial charge in [-0.2, -0.15) is 0 Å². The zero-order valence-electron chi connectivity index (χ0n) is 10.0. The van der Waals surface area contributed by atoms with Crippen LogP contribution in [0.3, 0.4) is 0 Å². The molecule has 0 bridgehead atoms. The van der Waals surface area contributed by atoms with Crippen LogP contribution in [0, 0.1) is 0 Å². The summed E-state index contributed by atoms with van der Waals surface area (Å²) in [6.07, 6.45) is 6.15. The number of nitrogens with two attached hydrogens (primary N) is 1. The van der Waals surface area contributed by atoms with Gasteiger partial charge in [-0.25, -0.2) is 4.98 Å². The number of carbonyl (C=O) groups excluding carboxylic acids is 1. The second-order valence-electron chi connectivity index (χ2n) is 4.22. The first-order valence-corrected chi connectivity index (χ1v) is 6.61. The molecular weight excluding hydrogens is 258 g/mol. The van der Waals surface area contributed by atoms with Crippen molar-refractivity contribution in [3.05, 3.63) is 59.0 Å². The summed E-state index contributed by atoms with van der Waals surface area (Å²) >= 11 is 1.67. The van der Waals surface area contributed by atoms with E-state index in [-0.39, 0.29) is 0 Å². The Balaban J connectivity index is 1.95. The lowest BCUT2D eigenvalue weighted by molar-refractivity contribution is 0.0996. The Morgan fingerprint density at radius 3 is 2.95 bits per heavy atom. The molecule has 0 fully saturated rings. The lowest BCUT2D eigenvalue weighted by atomic mass is 10.1. The molecule has 5 heteroatoms. The molecule has 0 saturated heterocycles. The van der Waals surface area contributed by atoms with Crippen molar-refractivity contribution in [2.75, 3.05) is 0 Å². The second kappa shape index (κ2) is 4.78. The van der Waals surface area contributed by atoms with Crippen LogP contribution in [0.4, 0.5) is 0 Å². The molecule has 0 aliphatic carbocycles. The highest BCUT2D eigenvalue weighted by Gasteiger charge is 2.07. The van der Waals surface area contributed by atoms with Crippen molar-refractivity contribution in [1.29, 1.82) is 0 Å². The minimum atomic E-state index is -0.498. The maximum absolute atomic E-state index is 11.1. The van der Waals surface area contributed by atoms with E-state index in [1.54, 1.807) is 29.8 Å². The number of fused-ring (bicyclic) bond motifs is 1. The topological polar surface area (TPSA) is 68.9 Å². The fourth-order valence-electron chi connectivity index (χ4n) is 1.93. The summed E-state index contributed by atoms with van der Waals surface area (Å²) in [4.78, 5) is 20.5. The van der Waals surface area contributed by atoms with Crippen molar-refractivity contribution in [2.45, 2.75) is 6.42 Å². The standard InChI is InChI=1S/C14H11N3OS/c15-14(18)12-6-10-5-11(19-13(10)8-17-12)4-9-2-1-3-16-7-9/h1-3,5-8H,4H2,(H2,15,18). The van der Waals surface area contributed by atoms with Crippen LogP contribution in [0.25, 0.3) is 10.1 Å². The van der Waals surface area contributed by atoms with Gasteiger partial charge in [0.25, 0.3) is 5.91 Å². The van der Waals surface area contributed by atoms with Crippen LogP contribution in [-0.2, 0) is 6.42 Å². The van der Waals surface area contributed by atoms with Crippen molar-refractivity contribution in [1.82, 2.24) is 9.97 Å². The molecule has 4 nitrogen and oxygen atoms in total. The molecule has 0 unspecified atom stereocenters. The van der Waals surface area contributed by atoms with E-state index in [0.29, 0.717) is 5.69 Å². The van der Waals surface area contributed by atoms with Gasteiger partial charge < -0.3 is 5.73 Å². The highest BCUT2D eigenvalue weighted by molar-refractivity contribution is 7.19. The van der Waals surface area contributed by atoms with E-state index in [9.17, 15) is 4.79 Å². The van der Waals surface area contributed by atoms with Gasteiger partial charge in [0.15, 0.2) is 0 Å². The minimum Gasteiger partial charge on any atom is -0.364 e. The van der Waals surface area contributed by atoms with E-state index < -0.39 is 5.91 Å². The summed E-state index contributed by atoms with van der Waals surface area (Å²) in [5.74, 6) is -0.498. The van der Waals surface area contributed by atoms with Crippen molar-refractivity contribution in [2.24, 2.45) is 5.73 Å². The molecule has 3 rings (SSSR count). The molecule has 94 valence electrons. The smallest absolute Gasteiger partial charge is 0.267 e. The Bertz CT molecular complexity index is 737. The number of nitrogens with zero attached hydrogens (tertiary/aromatic N) is 2. The number of hydrogen-bond donors (Lipinski definition) is 1. The van der Waals surface area contributed by atoms with Crippen LogP contribution >= 0.6 is 11.3 Å². The maximum Gasteiger partial charge on any atom is 0.267 e. The van der Waals surface area contributed by atoms with Crippen LogP contribution in [0.2, 0.25) is 0 Å². The summed E-state index contributed by atoms with van der Waals surface area (Å²) in [6.45, 7) is 0. The number of hydrogen-bond acceptors (Lipinski definition) is 4. The summed E-state index contributed by atoms with van der Waals surface area (Å²) in [7, 11) is 0. The molecule has 3 aromatic rings. The first-order chi connectivity index (χ1) is 9.22. The van der Waals surface area contributed by atoms with Crippen LogP contribution in [0.1, 0.15) is 20.9 Å². The highest BCUT2D eigenvalue weighted by Crippen LogP contribution is 2.27.